The van der Waals surface area contributed by atoms with Gasteiger partial charge in [0.15, 0.2) is 0 Å². The molecule has 30 heavy (non-hydrogen) atoms. The van der Waals surface area contributed by atoms with Crippen LogP contribution in [0.3, 0.4) is 0 Å². The maximum Gasteiger partial charge on any atom is 0.225 e. The van der Waals surface area contributed by atoms with E-state index in [0.29, 0.717) is 32.5 Å². The number of likely N-dealkylation sites (tertiary alicyclic amines) is 1. The molecule has 0 aliphatic carbocycles. The van der Waals surface area contributed by atoms with E-state index in [4.69, 9.17) is 4.74 Å². The van der Waals surface area contributed by atoms with Crippen LogP contribution in [0.2, 0.25) is 0 Å². The Kier molecular flexibility index (Phi) is 5.74. The van der Waals surface area contributed by atoms with Gasteiger partial charge >= 0.3 is 0 Å². The van der Waals surface area contributed by atoms with E-state index in [0.717, 1.165) is 33.5 Å². The SMILES string of the molecule is COc1ccccc1CN1C[C@@H](C(=O)NCc2ccc3[nH]c(C)cc3c2)CCC1=O. The Morgan fingerprint density at radius 2 is 2.07 bits per heavy atom. The quantitative estimate of drug-likeness (QED) is 0.659. The summed E-state index contributed by atoms with van der Waals surface area (Å²) < 4.78 is 5.40. The number of nitrogens with one attached hydrogen (secondary N) is 2. The van der Waals surface area contributed by atoms with Crippen LogP contribution in [-0.2, 0) is 22.7 Å². The number of fused-ring (bicyclic) bond motifs is 1. The molecule has 0 spiro atoms. The molecule has 1 aliphatic heterocycles. The fraction of sp³-hybridized carbons (Fsp3) is 0.333. The maximum absolute atomic E-state index is 12.8. The standard InChI is InChI=1S/C24H27N3O3/c1-16-11-20-12-17(7-9-21(20)26-16)13-25-24(29)19-8-10-23(28)27(15-19)14-18-5-3-4-6-22(18)30-2/h3-7,9,11-12,19,26H,8,10,13-15H2,1-2H3,(H,25,29)/t19-/m0/s1. The summed E-state index contributed by atoms with van der Waals surface area (Å²) in [7, 11) is 1.62. The molecule has 1 atom stereocenters. The van der Waals surface area contributed by atoms with Crippen LogP contribution in [0.1, 0.15) is 29.7 Å². The van der Waals surface area contributed by atoms with E-state index in [9.17, 15) is 9.59 Å². The van der Waals surface area contributed by atoms with Crippen molar-refractivity contribution in [2.45, 2.75) is 32.9 Å². The number of aryl methyl sites for hydroxylation is 1. The third-order valence-electron chi connectivity index (χ3n) is 5.71. The summed E-state index contributed by atoms with van der Waals surface area (Å²) in [5, 5.41) is 4.19. The molecule has 0 saturated carbocycles. The number of H-pyrrole nitrogens is 1. The number of hydrogen-bond acceptors (Lipinski definition) is 3. The zero-order valence-electron chi connectivity index (χ0n) is 17.4. The Balaban J connectivity index is 1.38. The minimum absolute atomic E-state index is 0.00197. The monoisotopic (exact) mass is 405 g/mol. The second-order valence-electron chi connectivity index (χ2n) is 7.91. The molecule has 2 heterocycles. The van der Waals surface area contributed by atoms with E-state index < -0.39 is 0 Å². The second kappa shape index (κ2) is 8.61. The van der Waals surface area contributed by atoms with E-state index in [1.54, 1.807) is 12.0 Å². The fourth-order valence-electron chi connectivity index (χ4n) is 4.09. The Labute approximate surface area is 176 Å². The molecule has 0 bridgehead atoms. The van der Waals surface area contributed by atoms with E-state index in [1.165, 1.54) is 0 Å². The molecule has 2 amide bonds. The summed E-state index contributed by atoms with van der Waals surface area (Å²) >= 11 is 0. The van der Waals surface area contributed by atoms with Gasteiger partial charge in [-0.1, -0.05) is 24.3 Å². The third-order valence-corrected chi connectivity index (χ3v) is 5.71. The van der Waals surface area contributed by atoms with Gasteiger partial charge in [-0.05, 0) is 48.6 Å². The van der Waals surface area contributed by atoms with Crippen LogP contribution < -0.4 is 10.1 Å². The number of benzene rings is 2. The Hall–Kier alpha value is -3.28. The Morgan fingerprint density at radius 3 is 2.90 bits per heavy atom. The highest BCUT2D eigenvalue weighted by Gasteiger charge is 2.30. The second-order valence-corrected chi connectivity index (χ2v) is 7.91. The molecule has 1 saturated heterocycles. The van der Waals surface area contributed by atoms with Gasteiger partial charge in [0.2, 0.25) is 11.8 Å². The molecule has 6 heteroatoms. The molecule has 1 aromatic heterocycles. The van der Waals surface area contributed by atoms with Crippen molar-refractivity contribution in [1.82, 2.24) is 15.2 Å². The number of piperidine rings is 1. The van der Waals surface area contributed by atoms with Crippen molar-refractivity contribution in [2.75, 3.05) is 13.7 Å². The molecule has 4 rings (SSSR count). The minimum Gasteiger partial charge on any atom is -0.496 e. The van der Waals surface area contributed by atoms with Crippen LogP contribution in [-0.4, -0.2) is 35.4 Å². The number of hydrogen-bond donors (Lipinski definition) is 2. The highest BCUT2D eigenvalue weighted by Crippen LogP contribution is 2.24. The molecule has 3 aromatic rings. The average Bonchev–Trinajstić information content (AvgIpc) is 3.13. The lowest BCUT2D eigenvalue weighted by atomic mass is 9.96. The molecular weight excluding hydrogens is 378 g/mol. The lowest BCUT2D eigenvalue weighted by molar-refractivity contribution is -0.139. The summed E-state index contributed by atoms with van der Waals surface area (Å²) in [6, 6.07) is 15.9. The van der Waals surface area contributed by atoms with Crippen molar-refractivity contribution >= 4 is 22.7 Å². The van der Waals surface area contributed by atoms with Crippen molar-refractivity contribution in [3.05, 3.63) is 65.4 Å². The molecule has 1 aliphatic rings. The Bertz CT molecular complexity index is 1070. The summed E-state index contributed by atoms with van der Waals surface area (Å²) in [5.74, 6) is 0.638. The van der Waals surface area contributed by atoms with Crippen LogP contribution in [0.4, 0.5) is 0 Å². The minimum atomic E-state index is -0.198. The number of carbonyl (C=O) groups excluding carboxylic acids is 2. The number of nitrogens with zero attached hydrogens (tertiary/aromatic N) is 1. The molecule has 0 radical (unpaired) electrons. The molecular formula is C24H27N3O3. The summed E-state index contributed by atoms with van der Waals surface area (Å²) in [6.45, 7) is 3.40. The zero-order chi connectivity index (χ0) is 21.1. The predicted molar refractivity (Wildman–Crippen MR) is 116 cm³/mol. The van der Waals surface area contributed by atoms with Crippen LogP contribution in [0, 0.1) is 12.8 Å². The van der Waals surface area contributed by atoms with Crippen molar-refractivity contribution in [1.29, 1.82) is 0 Å². The number of methoxy groups -OCH3 is 1. The van der Waals surface area contributed by atoms with Gasteiger partial charge in [-0.3, -0.25) is 9.59 Å². The van der Waals surface area contributed by atoms with Crippen LogP contribution in [0.25, 0.3) is 10.9 Å². The van der Waals surface area contributed by atoms with Crippen molar-refractivity contribution in [2.24, 2.45) is 5.92 Å². The summed E-state index contributed by atoms with van der Waals surface area (Å²) in [4.78, 5) is 30.3. The van der Waals surface area contributed by atoms with Crippen molar-refractivity contribution in [3.63, 3.8) is 0 Å². The molecule has 1 fully saturated rings. The number of aromatic amines is 1. The fourth-order valence-corrected chi connectivity index (χ4v) is 4.09. The van der Waals surface area contributed by atoms with Gasteiger partial charge in [0, 0.05) is 42.8 Å². The molecule has 0 unspecified atom stereocenters. The smallest absolute Gasteiger partial charge is 0.225 e. The van der Waals surface area contributed by atoms with Crippen LogP contribution in [0.5, 0.6) is 5.75 Å². The number of rotatable bonds is 6. The van der Waals surface area contributed by atoms with Gasteiger partial charge in [-0.15, -0.1) is 0 Å². The number of ether oxygens (including phenoxy) is 1. The summed E-state index contributed by atoms with van der Waals surface area (Å²) in [6.07, 6.45) is 0.977. The van der Waals surface area contributed by atoms with Gasteiger partial charge in [-0.2, -0.15) is 0 Å². The average molecular weight is 405 g/mol. The lowest BCUT2D eigenvalue weighted by Crippen LogP contribution is -2.45. The maximum atomic E-state index is 12.8. The Morgan fingerprint density at radius 1 is 1.23 bits per heavy atom. The third kappa shape index (κ3) is 4.32. The number of amides is 2. The van der Waals surface area contributed by atoms with Gasteiger partial charge < -0.3 is 19.9 Å². The van der Waals surface area contributed by atoms with Gasteiger partial charge in [0.25, 0.3) is 0 Å². The zero-order valence-corrected chi connectivity index (χ0v) is 17.4. The lowest BCUT2D eigenvalue weighted by Gasteiger charge is -2.32. The summed E-state index contributed by atoms with van der Waals surface area (Å²) in [5.41, 5.74) is 4.23. The molecule has 6 nitrogen and oxygen atoms in total. The molecule has 2 N–H and O–H groups in total. The largest absolute Gasteiger partial charge is 0.496 e. The van der Waals surface area contributed by atoms with Gasteiger partial charge in [-0.25, -0.2) is 0 Å². The topological polar surface area (TPSA) is 74.4 Å². The van der Waals surface area contributed by atoms with Crippen LogP contribution in [0.15, 0.2) is 48.5 Å². The van der Waals surface area contributed by atoms with Crippen LogP contribution >= 0.6 is 0 Å². The highest BCUT2D eigenvalue weighted by atomic mass is 16.5. The van der Waals surface area contributed by atoms with E-state index in [2.05, 4.69) is 22.4 Å². The van der Waals surface area contributed by atoms with Gasteiger partial charge in [0.05, 0.1) is 13.0 Å². The number of para-hydroxylation sites is 1. The molecule has 156 valence electrons. The number of carbonyl (C=O) groups is 2. The highest BCUT2D eigenvalue weighted by molar-refractivity contribution is 5.84. The number of aromatic nitrogens is 1. The van der Waals surface area contributed by atoms with E-state index >= 15 is 0 Å². The van der Waals surface area contributed by atoms with Gasteiger partial charge in [0.1, 0.15) is 5.75 Å². The predicted octanol–water partition coefficient (Wildman–Crippen LogP) is 3.54. The van der Waals surface area contributed by atoms with Crippen molar-refractivity contribution in [3.8, 4) is 5.75 Å². The first-order valence-electron chi connectivity index (χ1n) is 10.3. The first-order valence-corrected chi connectivity index (χ1v) is 10.3. The molecule has 2 aromatic carbocycles. The van der Waals surface area contributed by atoms with Crippen molar-refractivity contribution < 1.29 is 14.3 Å². The van der Waals surface area contributed by atoms with E-state index in [1.807, 2.05) is 43.3 Å². The first-order chi connectivity index (χ1) is 14.5. The first kappa shape index (κ1) is 20.0. The van der Waals surface area contributed by atoms with E-state index in [-0.39, 0.29) is 17.7 Å². The normalized spacial score (nSPS) is 16.7.